The average molecular weight is 248 g/mol. The summed E-state index contributed by atoms with van der Waals surface area (Å²) in [5, 5.41) is 14.3. The number of hydrogen-bond acceptors (Lipinski definition) is 7. The first-order valence-corrected chi connectivity index (χ1v) is 5.21. The molecule has 2 rings (SSSR count). The lowest BCUT2D eigenvalue weighted by Crippen LogP contribution is -2.23. The van der Waals surface area contributed by atoms with Crippen molar-refractivity contribution < 1.29 is 9.32 Å². The Morgan fingerprint density at radius 2 is 2.22 bits per heavy atom. The SMILES string of the molecule is CN(C)C(=O)c1ccc(NCc2ncon2)nn1. The van der Waals surface area contributed by atoms with Crippen LogP contribution < -0.4 is 5.32 Å². The molecular weight excluding hydrogens is 236 g/mol. The molecule has 2 heterocycles. The summed E-state index contributed by atoms with van der Waals surface area (Å²) in [5.41, 5.74) is 0.296. The summed E-state index contributed by atoms with van der Waals surface area (Å²) in [5.74, 6) is 0.868. The molecule has 0 fully saturated rings. The van der Waals surface area contributed by atoms with Gasteiger partial charge >= 0.3 is 0 Å². The zero-order chi connectivity index (χ0) is 13.0. The quantitative estimate of drug-likeness (QED) is 0.823. The number of amides is 1. The van der Waals surface area contributed by atoms with E-state index in [1.54, 1.807) is 26.2 Å². The van der Waals surface area contributed by atoms with Crippen LogP contribution in [0.5, 0.6) is 0 Å². The molecule has 2 aromatic heterocycles. The molecule has 0 aliphatic rings. The van der Waals surface area contributed by atoms with E-state index in [1.165, 1.54) is 11.3 Å². The highest BCUT2D eigenvalue weighted by molar-refractivity contribution is 5.91. The molecule has 18 heavy (non-hydrogen) atoms. The Kier molecular flexibility index (Phi) is 3.46. The van der Waals surface area contributed by atoms with Crippen molar-refractivity contribution in [3.63, 3.8) is 0 Å². The largest absolute Gasteiger partial charge is 0.361 e. The summed E-state index contributed by atoms with van der Waals surface area (Å²) in [4.78, 5) is 16.9. The van der Waals surface area contributed by atoms with Crippen LogP contribution in [0.2, 0.25) is 0 Å². The van der Waals surface area contributed by atoms with E-state index in [9.17, 15) is 4.79 Å². The lowest BCUT2D eigenvalue weighted by molar-refractivity contribution is 0.0821. The van der Waals surface area contributed by atoms with Crippen LogP contribution in [0.15, 0.2) is 23.0 Å². The molecule has 0 bridgehead atoms. The van der Waals surface area contributed by atoms with Crippen LogP contribution in [0.4, 0.5) is 5.82 Å². The minimum Gasteiger partial charge on any atom is -0.361 e. The molecule has 1 amide bonds. The third-order valence-corrected chi connectivity index (χ3v) is 2.12. The Bertz CT molecular complexity index is 508. The Morgan fingerprint density at radius 3 is 2.78 bits per heavy atom. The summed E-state index contributed by atoms with van der Waals surface area (Å²) in [7, 11) is 3.32. The third-order valence-electron chi connectivity index (χ3n) is 2.12. The normalized spacial score (nSPS) is 10.1. The van der Waals surface area contributed by atoms with E-state index < -0.39 is 0 Å². The van der Waals surface area contributed by atoms with Gasteiger partial charge in [0.15, 0.2) is 11.5 Å². The highest BCUT2D eigenvalue weighted by Crippen LogP contribution is 2.04. The molecule has 0 atom stereocenters. The number of rotatable bonds is 4. The van der Waals surface area contributed by atoms with Gasteiger partial charge in [0, 0.05) is 14.1 Å². The molecule has 0 radical (unpaired) electrons. The van der Waals surface area contributed by atoms with Crippen LogP contribution in [0.1, 0.15) is 16.3 Å². The lowest BCUT2D eigenvalue weighted by Gasteiger charge is -2.09. The van der Waals surface area contributed by atoms with Gasteiger partial charge in [-0.2, -0.15) is 4.98 Å². The second-order valence-electron chi connectivity index (χ2n) is 3.70. The monoisotopic (exact) mass is 248 g/mol. The van der Waals surface area contributed by atoms with Crippen molar-refractivity contribution in [3.8, 4) is 0 Å². The second kappa shape index (κ2) is 5.21. The molecule has 94 valence electrons. The summed E-state index contributed by atoms with van der Waals surface area (Å²) >= 11 is 0. The zero-order valence-electron chi connectivity index (χ0n) is 9.99. The fraction of sp³-hybridized carbons (Fsp3) is 0.300. The summed E-state index contributed by atoms with van der Waals surface area (Å²) in [6, 6.07) is 3.28. The van der Waals surface area contributed by atoms with Crippen LogP contribution in [-0.4, -0.2) is 45.2 Å². The van der Waals surface area contributed by atoms with Gasteiger partial charge in [-0.15, -0.1) is 10.2 Å². The molecule has 0 saturated heterocycles. The Morgan fingerprint density at radius 1 is 1.39 bits per heavy atom. The Labute approximate surface area is 103 Å². The molecule has 2 aromatic rings. The van der Waals surface area contributed by atoms with Gasteiger partial charge in [0.05, 0.1) is 6.54 Å². The standard InChI is InChI=1S/C10H12N6O2/c1-16(2)10(17)7-3-4-8(14-13-7)11-5-9-12-6-18-15-9/h3-4,6H,5H2,1-2H3,(H,11,14). The topological polar surface area (TPSA) is 97.0 Å². The summed E-state index contributed by atoms with van der Waals surface area (Å²) in [6.45, 7) is 0.381. The molecule has 8 heteroatoms. The van der Waals surface area contributed by atoms with Gasteiger partial charge in [-0.25, -0.2) is 0 Å². The number of aromatic nitrogens is 4. The molecule has 0 aromatic carbocycles. The third kappa shape index (κ3) is 2.78. The molecule has 0 aliphatic heterocycles. The van der Waals surface area contributed by atoms with E-state index in [1.807, 2.05) is 0 Å². The van der Waals surface area contributed by atoms with Gasteiger partial charge in [-0.1, -0.05) is 5.16 Å². The van der Waals surface area contributed by atoms with Gasteiger partial charge in [-0.3, -0.25) is 4.79 Å². The van der Waals surface area contributed by atoms with E-state index in [-0.39, 0.29) is 5.91 Å². The molecule has 0 spiro atoms. The fourth-order valence-electron chi connectivity index (χ4n) is 1.21. The number of carbonyl (C=O) groups is 1. The minimum atomic E-state index is -0.188. The van der Waals surface area contributed by atoms with E-state index in [2.05, 4.69) is 30.2 Å². The van der Waals surface area contributed by atoms with Crippen molar-refractivity contribution in [1.29, 1.82) is 0 Å². The molecule has 0 saturated carbocycles. The maximum absolute atomic E-state index is 11.6. The van der Waals surface area contributed by atoms with Crippen LogP contribution in [0, 0.1) is 0 Å². The maximum atomic E-state index is 11.6. The van der Waals surface area contributed by atoms with Crippen molar-refractivity contribution in [1.82, 2.24) is 25.2 Å². The first-order valence-electron chi connectivity index (χ1n) is 5.21. The van der Waals surface area contributed by atoms with Gasteiger partial charge in [0.25, 0.3) is 5.91 Å². The van der Waals surface area contributed by atoms with Crippen molar-refractivity contribution >= 4 is 11.7 Å². The van der Waals surface area contributed by atoms with Crippen molar-refractivity contribution in [3.05, 3.63) is 30.0 Å². The number of hydrogen-bond donors (Lipinski definition) is 1. The molecule has 0 aliphatic carbocycles. The van der Waals surface area contributed by atoms with Crippen molar-refractivity contribution in [2.45, 2.75) is 6.54 Å². The van der Waals surface area contributed by atoms with E-state index in [0.717, 1.165) is 0 Å². The minimum absolute atomic E-state index is 0.188. The Balaban J connectivity index is 1.97. The van der Waals surface area contributed by atoms with Gasteiger partial charge in [0.1, 0.15) is 5.82 Å². The predicted molar refractivity (Wildman–Crippen MR) is 61.7 cm³/mol. The highest BCUT2D eigenvalue weighted by Gasteiger charge is 2.10. The predicted octanol–water partition coefficient (Wildman–Crippen LogP) is 0.173. The first kappa shape index (κ1) is 12.0. The van der Waals surface area contributed by atoms with Gasteiger partial charge < -0.3 is 14.7 Å². The Hall–Kier alpha value is -2.51. The molecule has 8 nitrogen and oxygen atoms in total. The lowest BCUT2D eigenvalue weighted by atomic mass is 10.3. The van der Waals surface area contributed by atoms with Crippen LogP contribution in [0.25, 0.3) is 0 Å². The fourth-order valence-corrected chi connectivity index (χ4v) is 1.21. The van der Waals surface area contributed by atoms with Crippen molar-refractivity contribution in [2.75, 3.05) is 19.4 Å². The van der Waals surface area contributed by atoms with Gasteiger partial charge in [0.2, 0.25) is 6.39 Å². The summed E-state index contributed by atoms with van der Waals surface area (Å²) < 4.78 is 4.59. The maximum Gasteiger partial charge on any atom is 0.273 e. The zero-order valence-corrected chi connectivity index (χ0v) is 9.99. The second-order valence-corrected chi connectivity index (χ2v) is 3.70. The number of anilines is 1. The van der Waals surface area contributed by atoms with Crippen molar-refractivity contribution in [2.24, 2.45) is 0 Å². The summed E-state index contributed by atoms with van der Waals surface area (Å²) in [6.07, 6.45) is 1.25. The average Bonchev–Trinajstić information content (AvgIpc) is 2.89. The first-order chi connectivity index (χ1) is 8.66. The van der Waals surface area contributed by atoms with Crippen LogP contribution in [0.3, 0.4) is 0 Å². The van der Waals surface area contributed by atoms with E-state index in [0.29, 0.717) is 23.9 Å². The highest BCUT2D eigenvalue weighted by atomic mass is 16.5. The molecular formula is C10H12N6O2. The smallest absolute Gasteiger partial charge is 0.273 e. The number of carbonyl (C=O) groups excluding carboxylic acids is 1. The van der Waals surface area contributed by atoms with E-state index >= 15 is 0 Å². The molecule has 1 N–H and O–H groups in total. The van der Waals surface area contributed by atoms with Crippen LogP contribution >= 0.6 is 0 Å². The number of nitrogens with zero attached hydrogens (tertiary/aromatic N) is 5. The van der Waals surface area contributed by atoms with Crippen LogP contribution in [-0.2, 0) is 6.54 Å². The van der Waals surface area contributed by atoms with Gasteiger partial charge in [-0.05, 0) is 12.1 Å². The number of nitrogens with one attached hydrogen (secondary N) is 1. The molecule has 0 unspecified atom stereocenters. The van der Waals surface area contributed by atoms with E-state index in [4.69, 9.17) is 0 Å².